The molecule has 1 N–H and O–H groups in total. The average molecular weight is 394 g/mol. The van der Waals surface area contributed by atoms with Gasteiger partial charge in [0.1, 0.15) is 18.3 Å². The van der Waals surface area contributed by atoms with Crippen LogP contribution in [0, 0.1) is 10.1 Å². The normalized spacial score (nSPS) is 10.4. The first-order valence-electron chi connectivity index (χ1n) is 8.60. The molecule has 0 aliphatic rings. The van der Waals surface area contributed by atoms with Crippen LogP contribution in [0.2, 0.25) is 0 Å². The number of rotatable bonds is 6. The number of nitro benzene ring substituents is 1. The lowest BCUT2D eigenvalue weighted by atomic mass is 10.1. The summed E-state index contributed by atoms with van der Waals surface area (Å²) in [5, 5.41) is 17.9. The van der Waals surface area contributed by atoms with E-state index in [1.54, 1.807) is 38.4 Å². The van der Waals surface area contributed by atoms with Gasteiger partial charge in [-0.3, -0.25) is 19.7 Å². The van der Waals surface area contributed by atoms with E-state index in [1.165, 1.54) is 40.4 Å². The largest absolute Gasteiger partial charge is 0.355 e. The molecule has 0 atom stereocenters. The molecule has 0 spiro atoms. The van der Waals surface area contributed by atoms with Crippen LogP contribution < -0.4 is 5.32 Å². The highest BCUT2D eigenvalue weighted by molar-refractivity contribution is 5.95. The predicted octanol–water partition coefficient (Wildman–Crippen LogP) is 1.81. The molecule has 1 heterocycles. The number of aromatic nitrogens is 3. The molecule has 0 saturated carbocycles. The minimum atomic E-state index is -0.564. The first-order chi connectivity index (χ1) is 13.9. The summed E-state index contributed by atoms with van der Waals surface area (Å²) < 4.78 is 1.27. The average Bonchev–Trinajstić information content (AvgIpc) is 3.27. The predicted molar refractivity (Wildman–Crippen MR) is 104 cm³/mol. The molecule has 0 aliphatic heterocycles. The number of nitro groups is 1. The van der Waals surface area contributed by atoms with Crippen LogP contribution in [0.4, 0.5) is 5.69 Å². The van der Waals surface area contributed by atoms with E-state index < -0.39 is 4.92 Å². The zero-order valence-electron chi connectivity index (χ0n) is 15.8. The summed E-state index contributed by atoms with van der Waals surface area (Å²) in [6, 6.07) is 11.1. The van der Waals surface area contributed by atoms with Crippen LogP contribution in [0.1, 0.15) is 26.3 Å². The number of hydrogen-bond acceptors (Lipinski definition) is 6. The highest BCUT2D eigenvalue weighted by Crippen LogP contribution is 2.24. The van der Waals surface area contributed by atoms with Crippen LogP contribution in [0.15, 0.2) is 55.1 Å². The van der Waals surface area contributed by atoms with Crippen molar-refractivity contribution in [1.29, 1.82) is 0 Å². The van der Waals surface area contributed by atoms with Crippen LogP contribution in [0.3, 0.4) is 0 Å². The molecule has 2 aromatic carbocycles. The fraction of sp³-hybridized carbons (Fsp3) is 0.158. The molecule has 0 unspecified atom stereocenters. The Morgan fingerprint density at radius 3 is 2.45 bits per heavy atom. The third-order valence-electron chi connectivity index (χ3n) is 4.29. The fourth-order valence-corrected chi connectivity index (χ4v) is 2.80. The van der Waals surface area contributed by atoms with Gasteiger partial charge in [0.05, 0.1) is 4.92 Å². The van der Waals surface area contributed by atoms with Crippen molar-refractivity contribution in [2.45, 2.75) is 6.54 Å². The van der Waals surface area contributed by atoms with Crippen molar-refractivity contribution >= 4 is 17.5 Å². The standard InChI is InChI=1S/C19H18N6O4/c1-20-18(26)14-5-3-13(4-6-14)10-23(2)19(27)15-7-8-16(17(9-15)25(28)29)24-12-21-11-22-24/h3-9,11-12H,10H2,1-2H3,(H,20,26). The van der Waals surface area contributed by atoms with Crippen LogP contribution in [0.25, 0.3) is 5.69 Å². The Kier molecular flexibility index (Phi) is 5.63. The summed E-state index contributed by atoms with van der Waals surface area (Å²) in [4.78, 5) is 40.5. The maximum atomic E-state index is 12.7. The first kappa shape index (κ1) is 19.7. The number of nitrogens with zero attached hydrogens (tertiary/aromatic N) is 5. The molecule has 0 bridgehead atoms. The molecule has 0 saturated heterocycles. The molecule has 148 valence electrons. The monoisotopic (exact) mass is 394 g/mol. The molecule has 2 amide bonds. The maximum Gasteiger partial charge on any atom is 0.295 e. The Balaban J connectivity index is 1.79. The molecule has 10 heteroatoms. The van der Waals surface area contributed by atoms with E-state index in [4.69, 9.17) is 0 Å². The number of hydrogen-bond donors (Lipinski definition) is 1. The van der Waals surface area contributed by atoms with Crippen molar-refractivity contribution in [2.75, 3.05) is 14.1 Å². The zero-order valence-corrected chi connectivity index (χ0v) is 15.8. The second-order valence-corrected chi connectivity index (χ2v) is 6.24. The third kappa shape index (κ3) is 4.26. The third-order valence-corrected chi connectivity index (χ3v) is 4.29. The van der Waals surface area contributed by atoms with Crippen molar-refractivity contribution in [2.24, 2.45) is 0 Å². The molecule has 10 nitrogen and oxygen atoms in total. The molecule has 1 aromatic heterocycles. The van der Waals surface area contributed by atoms with Gasteiger partial charge in [0.15, 0.2) is 0 Å². The Morgan fingerprint density at radius 2 is 1.86 bits per heavy atom. The lowest BCUT2D eigenvalue weighted by Gasteiger charge is -2.18. The molecule has 29 heavy (non-hydrogen) atoms. The Bertz CT molecular complexity index is 1050. The van der Waals surface area contributed by atoms with Gasteiger partial charge < -0.3 is 10.2 Å². The van der Waals surface area contributed by atoms with Crippen molar-refractivity contribution in [3.05, 3.63) is 81.9 Å². The van der Waals surface area contributed by atoms with Crippen molar-refractivity contribution in [3.8, 4) is 5.69 Å². The number of carbonyl (C=O) groups excluding carboxylic acids is 2. The topological polar surface area (TPSA) is 123 Å². The van der Waals surface area contributed by atoms with Gasteiger partial charge in [-0.15, -0.1) is 0 Å². The van der Waals surface area contributed by atoms with Gasteiger partial charge in [-0.2, -0.15) is 5.10 Å². The number of benzene rings is 2. The maximum absolute atomic E-state index is 12.7. The van der Waals surface area contributed by atoms with Crippen LogP contribution in [-0.2, 0) is 6.54 Å². The molecular weight excluding hydrogens is 376 g/mol. The van der Waals surface area contributed by atoms with Gasteiger partial charge in [0, 0.05) is 37.8 Å². The number of carbonyl (C=O) groups is 2. The van der Waals surface area contributed by atoms with Gasteiger partial charge in [-0.1, -0.05) is 12.1 Å². The smallest absolute Gasteiger partial charge is 0.295 e. The van der Waals surface area contributed by atoms with E-state index in [1.807, 2.05) is 0 Å². The summed E-state index contributed by atoms with van der Waals surface area (Å²) in [6.07, 6.45) is 2.62. The summed E-state index contributed by atoms with van der Waals surface area (Å²) in [5.41, 5.74) is 1.50. The van der Waals surface area contributed by atoms with Gasteiger partial charge >= 0.3 is 0 Å². The van der Waals surface area contributed by atoms with Crippen molar-refractivity contribution < 1.29 is 14.5 Å². The molecule has 0 aliphatic carbocycles. The van der Waals surface area contributed by atoms with Gasteiger partial charge in [0.2, 0.25) is 0 Å². The van der Waals surface area contributed by atoms with Crippen LogP contribution in [-0.4, -0.2) is 50.5 Å². The molecule has 3 rings (SSSR count). The minimum Gasteiger partial charge on any atom is -0.355 e. The van der Waals surface area contributed by atoms with Gasteiger partial charge in [-0.05, 0) is 29.8 Å². The lowest BCUT2D eigenvalue weighted by Crippen LogP contribution is -2.26. The molecule has 0 radical (unpaired) electrons. The quantitative estimate of drug-likeness (QED) is 0.502. The first-order valence-corrected chi connectivity index (χ1v) is 8.60. The van der Waals surface area contributed by atoms with E-state index in [0.717, 1.165) is 5.56 Å². The molecule has 3 aromatic rings. The van der Waals surface area contributed by atoms with E-state index in [-0.39, 0.29) is 35.3 Å². The van der Waals surface area contributed by atoms with Crippen molar-refractivity contribution in [3.63, 3.8) is 0 Å². The van der Waals surface area contributed by atoms with E-state index in [9.17, 15) is 19.7 Å². The fourth-order valence-electron chi connectivity index (χ4n) is 2.80. The number of nitrogens with one attached hydrogen (secondary N) is 1. The van der Waals surface area contributed by atoms with E-state index >= 15 is 0 Å². The lowest BCUT2D eigenvalue weighted by molar-refractivity contribution is -0.384. The van der Waals surface area contributed by atoms with Gasteiger partial charge in [0.25, 0.3) is 17.5 Å². The Morgan fingerprint density at radius 1 is 1.17 bits per heavy atom. The SMILES string of the molecule is CNC(=O)c1ccc(CN(C)C(=O)c2ccc(-n3cncn3)c([N+](=O)[O-])c2)cc1. The van der Waals surface area contributed by atoms with Gasteiger partial charge in [-0.25, -0.2) is 9.67 Å². The number of amides is 2. The summed E-state index contributed by atoms with van der Waals surface area (Å²) in [7, 11) is 3.15. The van der Waals surface area contributed by atoms with Crippen LogP contribution >= 0.6 is 0 Å². The minimum absolute atomic E-state index is 0.185. The van der Waals surface area contributed by atoms with Crippen LogP contribution in [0.5, 0.6) is 0 Å². The summed E-state index contributed by atoms with van der Waals surface area (Å²) in [6.45, 7) is 0.283. The Labute approximate surface area is 165 Å². The summed E-state index contributed by atoms with van der Waals surface area (Å²) in [5.74, 6) is -0.561. The zero-order chi connectivity index (χ0) is 21.0. The van der Waals surface area contributed by atoms with E-state index in [2.05, 4.69) is 15.4 Å². The highest BCUT2D eigenvalue weighted by atomic mass is 16.6. The molecule has 0 fully saturated rings. The highest BCUT2D eigenvalue weighted by Gasteiger charge is 2.21. The summed E-state index contributed by atoms with van der Waals surface area (Å²) >= 11 is 0. The van der Waals surface area contributed by atoms with E-state index in [0.29, 0.717) is 5.56 Å². The second kappa shape index (κ2) is 8.30. The van der Waals surface area contributed by atoms with Crippen molar-refractivity contribution in [1.82, 2.24) is 25.0 Å². The second-order valence-electron chi connectivity index (χ2n) is 6.24. The Hall–Kier alpha value is -4.08. The molecular formula is C19H18N6O4.